The van der Waals surface area contributed by atoms with Crippen LogP contribution in [-0.4, -0.2) is 27.4 Å². The summed E-state index contributed by atoms with van der Waals surface area (Å²) in [5, 5.41) is 24.4. The Hall–Kier alpha value is -2.46. The molecule has 0 spiro atoms. The van der Waals surface area contributed by atoms with Crippen molar-refractivity contribution in [2.45, 2.75) is 19.1 Å². The lowest BCUT2D eigenvalue weighted by Gasteiger charge is -2.03. The number of nitrogens with one attached hydrogen (secondary N) is 1. The molecule has 0 fully saturated rings. The number of rotatable bonds is 6. The van der Waals surface area contributed by atoms with Crippen LogP contribution in [0.2, 0.25) is 0 Å². The lowest BCUT2D eigenvalue weighted by molar-refractivity contribution is -0.117. The fourth-order valence-corrected chi connectivity index (χ4v) is 2.46. The molecule has 0 aliphatic carbocycles. The average molecular weight is 314 g/mol. The topological polar surface area (TPSA) is 104 Å². The predicted molar refractivity (Wildman–Crippen MR) is 82.7 cm³/mol. The zero-order valence-corrected chi connectivity index (χ0v) is 13.0. The van der Waals surface area contributed by atoms with Gasteiger partial charge in [-0.3, -0.25) is 4.79 Å². The maximum absolute atomic E-state index is 11.8. The van der Waals surface area contributed by atoms with Crippen LogP contribution in [0.3, 0.4) is 0 Å². The van der Waals surface area contributed by atoms with Crippen LogP contribution in [0, 0.1) is 29.6 Å². The number of carbonyl (C=O) groups is 1. The summed E-state index contributed by atoms with van der Waals surface area (Å²) in [7, 11) is 0. The fraction of sp³-hybridized carbons (Fsp3) is 0.267. The van der Waals surface area contributed by atoms with Gasteiger partial charge in [0.1, 0.15) is 5.92 Å². The second-order valence-corrected chi connectivity index (χ2v) is 5.67. The molecule has 1 N–H and O–H groups in total. The molecule has 22 heavy (non-hydrogen) atoms. The van der Waals surface area contributed by atoms with E-state index in [4.69, 9.17) is 15.1 Å². The summed E-state index contributed by atoms with van der Waals surface area (Å²) in [5.41, 5.74) is 1.94. The summed E-state index contributed by atoms with van der Waals surface area (Å²) in [4.78, 5) is 11.8. The summed E-state index contributed by atoms with van der Waals surface area (Å²) >= 11 is 1.07. The molecule has 1 aromatic heterocycles. The monoisotopic (exact) mass is 314 g/mol. The molecule has 2 aromatic rings. The Morgan fingerprint density at radius 1 is 1.50 bits per heavy atom. The number of hydrogen-bond donors (Lipinski definition) is 1. The van der Waals surface area contributed by atoms with Crippen molar-refractivity contribution in [3.63, 3.8) is 0 Å². The minimum Gasteiger partial charge on any atom is -0.411 e. The standard InChI is InChI=1S/C15H14N4O2S/c1-9-4-3-5-11(6-9)14-18-19-15(21-14)22-8-13(20)12(7-16)10(2)17/h3-6,12,17H,8H2,1-2H3/t12-/m0/s1. The minimum atomic E-state index is -1.01. The number of Topliss-reactive ketones (excluding diaryl/α,β-unsaturated/α-hetero) is 1. The number of nitrogens with zero attached hydrogens (tertiary/aromatic N) is 3. The molecule has 2 rings (SSSR count). The Bertz CT molecular complexity index is 748. The first-order chi connectivity index (χ1) is 10.5. The van der Waals surface area contributed by atoms with E-state index >= 15 is 0 Å². The third-order valence-electron chi connectivity index (χ3n) is 2.89. The van der Waals surface area contributed by atoms with Gasteiger partial charge >= 0.3 is 0 Å². The van der Waals surface area contributed by atoms with E-state index in [2.05, 4.69) is 10.2 Å². The summed E-state index contributed by atoms with van der Waals surface area (Å²) < 4.78 is 5.50. The van der Waals surface area contributed by atoms with Crippen molar-refractivity contribution >= 4 is 23.3 Å². The maximum Gasteiger partial charge on any atom is 0.277 e. The van der Waals surface area contributed by atoms with Crippen LogP contribution in [0.25, 0.3) is 11.5 Å². The van der Waals surface area contributed by atoms with Crippen LogP contribution >= 0.6 is 11.8 Å². The van der Waals surface area contributed by atoms with Gasteiger partial charge in [0.05, 0.1) is 11.8 Å². The van der Waals surface area contributed by atoms with Crippen molar-refractivity contribution in [3.8, 4) is 17.5 Å². The highest BCUT2D eigenvalue weighted by atomic mass is 32.2. The van der Waals surface area contributed by atoms with E-state index < -0.39 is 5.92 Å². The molecule has 1 aromatic carbocycles. The molecule has 1 atom stereocenters. The largest absolute Gasteiger partial charge is 0.411 e. The van der Waals surface area contributed by atoms with Crippen molar-refractivity contribution in [1.29, 1.82) is 10.7 Å². The molecular weight excluding hydrogens is 300 g/mol. The molecule has 0 aliphatic heterocycles. The molecule has 7 heteroatoms. The van der Waals surface area contributed by atoms with Crippen molar-refractivity contribution < 1.29 is 9.21 Å². The number of benzene rings is 1. The maximum atomic E-state index is 11.8. The third kappa shape index (κ3) is 3.80. The van der Waals surface area contributed by atoms with Crippen LogP contribution in [-0.2, 0) is 4.79 Å². The highest BCUT2D eigenvalue weighted by Crippen LogP contribution is 2.24. The summed E-state index contributed by atoms with van der Waals surface area (Å²) in [6.45, 7) is 3.41. The number of aromatic nitrogens is 2. The SMILES string of the molecule is CC(=N)[C@H](C#N)C(=O)CSc1nnc(-c2cccc(C)c2)o1. The van der Waals surface area contributed by atoms with Crippen molar-refractivity contribution in [2.75, 3.05) is 5.75 Å². The van der Waals surface area contributed by atoms with Crippen LogP contribution < -0.4 is 0 Å². The number of aryl methyl sites for hydroxylation is 1. The van der Waals surface area contributed by atoms with E-state index in [1.54, 1.807) is 0 Å². The van der Waals surface area contributed by atoms with Crippen molar-refractivity contribution in [1.82, 2.24) is 10.2 Å². The zero-order chi connectivity index (χ0) is 16.1. The lowest BCUT2D eigenvalue weighted by atomic mass is 10.0. The normalized spacial score (nSPS) is 11.7. The smallest absolute Gasteiger partial charge is 0.277 e. The van der Waals surface area contributed by atoms with Crippen LogP contribution in [0.4, 0.5) is 0 Å². The third-order valence-corrected chi connectivity index (χ3v) is 3.73. The average Bonchev–Trinajstić information content (AvgIpc) is 2.94. The molecule has 112 valence electrons. The first kappa shape index (κ1) is 15.9. The van der Waals surface area contributed by atoms with Gasteiger partial charge < -0.3 is 9.83 Å². The summed E-state index contributed by atoms with van der Waals surface area (Å²) in [5.74, 6) is -0.940. The molecule has 0 amide bonds. The molecule has 0 aliphatic rings. The van der Waals surface area contributed by atoms with Gasteiger partial charge in [-0.2, -0.15) is 5.26 Å². The molecule has 0 saturated heterocycles. The quantitative estimate of drug-likeness (QED) is 0.649. The van der Waals surface area contributed by atoms with Gasteiger partial charge in [0.2, 0.25) is 5.89 Å². The van der Waals surface area contributed by atoms with Gasteiger partial charge in [0.15, 0.2) is 5.78 Å². The van der Waals surface area contributed by atoms with Gasteiger partial charge in [-0.25, -0.2) is 0 Å². The Labute approximate surface area is 132 Å². The lowest BCUT2D eigenvalue weighted by Crippen LogP contribution is -2.21. The van der Waals surface area contributed by atoms with Gasteiger partial charge in [-0.1, -0.05) is 29.5 Å². The number of carbonyl (C=O) groups excluding carboxylic acids is 1. The molecular formula is C15H14N4O2S. The van der Waals surface area contributed by atoms with Gasteiger partial charge in [0.25, 0.3) is 5.22 Å². The number of ketones is 1. The van der Waals surface area contributed by atoms with E-state index in [1.807, 2.05) is 37.3 Å². The highest BCUT2D eigenvalue weighted by molar-refractivity contribution is 7.99. The van der Waals surface area contributed by atoms with E-state index in [1.165, 1.54) is 6.92 Å². The molecule has 0 saturated carbocycles. The first-order valence-corrected chi connectivity index (χ1v) is 7.50. The molecule has 6 nitrogen and oxygen atoms in total. The molecule has 0 bridgehead atoms. The van der Waals surface area contributed by atoms with E-state index in [-0.39, 0.29) is 22.5 Å². The Morgan fingerprint density at radius 3 is 2.91 bits per heavy atom. The fourth-order valence-electron chi connectivity index (χ4n) is 1.79. The molecule has 0 unspecified atom stereocenters. The molecule has 0 radical (unpaired) electrons. The van der Waals surface area contributed by atoms with Crippen LogP contribution in [0.15, 0.2) is 33.9 Å². The minimum absolute atomic E-state index is 0.0178. The van der Waals surface area contributed by atoms with Gasteiger partial charge in [0, 0.05) is 11.3 Å². The van der Waals surface area contributed by atoms with Crippen molar-refractivity contribution in [2.24, 2.45) is 5.92 Å². The molecule has 1 heterocycles. The second kappa shape index (κ2) is 7.00. The van der Waals surface area contributed by atoms with Gasteiger partial charge in [-0.05, 0) is 26.0 Å². The van der Waals surface area contributed by atoms with E-state index in [9.17, 15) is 4.79 Å². The van der Waals surface area contributed by atoms with Crippen LogP contribution in [0.1, 0.15) is 12.5 Å². The number of thioether (sulfide) groups is 1. The zero-order valence-electron chi connectivity index (χ0n) is 12.2. The van der Waals surface area contributed by atoms with Crippen molar-refractivity contribution in [3.05, 3.63) is 29.8 Å². The second-order valence-electron chi connectivity index (χ2n) is 4.74. The van der Waals surface area contributed by atoms with E-state index in [0.29, 0.717) is 5.89 Å². The Kier molecular flexibility index (Phi) is 5.07. The van der Waals surface area contributed by atoms with E-state index in [0.717, 1.165) is 22.9 Å². The van der Waals surface area contributed by atoms with Crippen LogP contribution in [0.5, 0.6) is 0 Å². The summed E-state index contributed by atoms with van der Waals surface area (Å²) in [6.07, 6.45) is 0. The highest BCUT2D eigenvalue weighted by Gasteiger charge is 2.21. The summed E-state index contributed by atoms with van der Waals surface area (Å²) in [6, 6.07) is 9.48. The number of hydrogen-bond acceptors (Lipinski definition) is 7. The van der Waals surface area contributed by atoms with Gasteiger partial charge in [-0.15, -0.1) is 10.2 Å². The Balaban J connectivity index is 2.03. The Morgan fingerprint density at radius 2 is 2.27 bits per heavy atom. The first-order valence-electron chi connectivity index (χ1n) is 6.52. The predicted octanol–water partition coefficient (Wildman–Crippen LogP) is 2.89. The number of nitriles is 1.